The molecule has 35 heavy (non-hydrogen) atoms. The first-order chi connectivity index (χ1) is 16.1. The summed E-state index contributed by atoms with van der Waals surface area (Å²) in [5.41, 5.74) is -5.34. The van der Waals surface area contributed by atoms with Crippen LogP contribution in [0.3, 0.4) is 0 Å². The second-order valence-electron chi connectivity index (χ2n) is 7.16. The maximum atomic E-state index is 13.5. The smallest absolute Gasteiger partial charge is 0.355 e. The van der Waals surface area contributed by atoms with Crippen LogP contribution in [0.25, 0.3) is 5.69 Å². The fourth-order valence-corrected chi connectivity index (χ4v) is 3.46. The van der Waals surface area contributed by atoms with E-state index < -0.39 is 52.6 Å². The maximum Gasteiger partial charge on any atom is 0.435 e. The van der Waals surface area contributed by atoms with E-state index in [1.165, 1.54) is 26.1 Å². The quantitative estimate of drug-likeness (QED) is 0.437. The molecule has 186 valence electrons. The number of hydrogen-bond acceptors (Lipinski definition) is 3. The zero-order valence-corrected chi connectivity index (χ0v) is 18.5. The van der Waals surface area contributed by atoms with E-state index >= 15 is 0 Å². The third-order valence-corrected chi connectivity index (χ3v) is 4.95. The number of nitrogens with one attached hydrogen (secondary N) is 2. The number of aromatic nitrogens is 2. The van der Waals surface area contributed by atoms with E-state index in [1.807, 2.05) is 0 Å². The summed E-state index contributed by atoms with van der Waals surface area (Å²) in [7, 11) is 1.28. The molecule has 2 aromatic carbocycles. The molecular formula is C21H14ClF7N4O2. The highest BCUT2D eigenvalue weighted by atomic mass is 35.5. The zero-order chi connectivity index (χ0) is 26.3. The SMILES string of the molecule is CNC(=O)c1cc(Cl)cc(C)c1NC(=O)c1cc(C(F)(F)F)nn1-c1ccc(F)cc1C(F)(F)F. The van der Waals surface area contributed by atoms with Crippen molar-refractivity contribution < 1.29 is 40.3 Å². The molecule has 1 aromatic heterocycles. The van der Waals surface area contributed by atoms with Crippen molar-refractivity contribution in [2.24, 2.45) is 0 Å². The topological polar surface area (TPSA) is 76.0 Å². The summed E-state index contributed by atoms with van der Waals surface area (Å²) < 4.78 is 94.3. The summed E-state index contributed by atoms with van der Waals surface area (Å²) in [6.45, 7) is 1.44. The lowest BCUT2D eigenvalue weighted by atomic mass is 10.1. The molecule has 14 heteroatoms. The molecule has 0 saturated carbocycles. The Labute approximate surface area is 197 Å². The predicted molar refractivity (Wildman–Crippen MR) is 111 cm³/mol. The number of aryl methyl sites for hydroxylation is 1. The van der Waals surface area contributed by atoms with E-state index in [2.05, 4.69) is 15.7 Å². The van der Waals surface area contributed by atoms with Crippen molar-refractivity contribution in [3.63, 3.8) is 0 Å². The number of nitrogens with zero attached hydrogens (tertiary/aromatic N) is 2. The van der Waals surface area contributed by atoms with E-state index in [-0.39, 0.29) is 38.7 Å². The molecule has 6 nitrogen and oxygen atoms in total. The van der Waals surface area contributed by atoms with Crippen LogP contribution in [0.2, 0.25) is 5.02 Å². The molecule has 0 aliphatic carbocycles. The molecule has 0 aliphatic rings. The fraction of sp³-hybridized carbons (Fsp3) is 0.190. The van der Waals surface area contributed by atoms with Gasteiger partial charge < -0.3 is 10.6 Å². The minimum atomic E-state index is -5.19. The first-order valence-corrected chi connectivity index (χ1v) is 9.89. The Morgan fingerprint density at radius 3 is 2.20 bits per heavy atom. The van der Waals surface area contributed by atoms with Gasteiger partial charge in [-0.15, -0.1) is 0 Å². The first kappa shape index (κ1) is 26.0. The van der Waals surface area contributed by atoms with Gasteiger partial charge in [0.25, 0.3) is 11.8 Å². The molecule has 0 bridgehead atoms. The molecule has 2 amide bonds. The monoisotopic (exact) mass is 522 g/mol. The Morgan fingerprint density at radius 1 is 0.971 bits per heavy atom. The van der Waals surface area contributed by atoms with E-state index in [1.54, 1.807) is 0 Å². The van der Waals surface area contributed by atoms with Crippen LogP contribution in [0.5, 0.6) is 0 Å². The van der Waals surface area contributed by atoms with E-state index in [4.69, 9.17) is 11.6 Å². The predicted octanol–water partition coefficient (Wildman–Crippen LogP) is 5.62. The van der Waals surface area contributed by atoms with Gasteiger partial charge in [0.1, 0.15) is 11.5 Å². The van der Waals surface area contributed by atoms with Gasteiger partial charge in [-0.25, -0.2) is 9.07 Å². The Morgan fingerprint density at radius 2 is 1.63 bits per heavy atom. The zero-order valence-electron chi connectivity index (χ0n) is 17.7. The lowest BCUT2D eigenvalue weighted by Gasteiger charge is -2.16. The number of alkyl halides is 6. The largest absolute Gasteiger partial charge is 0.435 e. The molecular weight excluding hydrogens is 509 g/mol. The highest BCUT2D eigenvalue weighted by Gasteiger charge is 2.39. The summed E-state index contributed by atoms with van der Waals surface area (Å²) in [5.74, 6) is -3.32. The lowest BCUT2D eigenvalue weighted by molar-refractivity contribution is -0.141. The Balaban J connectivity index is 2.21. The van der Waals surface area contributed by atoms with Gasteiger partial charge in [0.2, 0.25) is 0 Å². The maximum absolute atomic E-state index is 13.5. The summed E-state index contributed by atoms with van der Waals surface area (Å²) in [6, 6.07) is 3.97. The van der Waals surface area contributed by atoms with Crippen LogP contribution in [-0.4, -0.2) is 28.6 Å². The molecule has 0 aliphatic heterocycles. The van der Waals surface area contributed by atoms with Gasteiger partial charge in [0.15, 0.2) is 5.69 Å². The van der Waals surface area contributed by atoms with Gasteiger partial charge in [0, 0.05) is 18.1 Å². The molecule has 2 N–H and O–H groups in total. The number of benzene rings is 2. The molecule has 0 unspecified atom stereocenters. The summed E-state index contributed by atoms with van der Waals surface area (Å²) in [5, 5.41) is 7.80. The van der Waals surface area contributed by atoms with Crippen molar-refractivity contribution in [2.45, 2.75) is 19.3 Å². The number of rotatable bonds is 4. The van der Waals surface area contributed by atoms with Gasteiger partial charge >= 0.3 is 12.4 Å². The van der Waals surface area contributed by atoms with Crippen LogP contribution in [0, 0.1) is 12.7 Å². The van der Waals surface area contributed by atoms with Crippen LogP contribution in [-0.2, 0) is 12.4 Å². The highest BCUT2D eigenvalue weighted by molar-refractivity contribution is 6.31. The van der Waals surface area contributed by atoms with E-state index in [9.17, 15) is 40.3 Å². The second kappa shape index (κ2) is 9.21. The minimum Gasteiger partial charge on any atom is -0.355 e. The Hall–Kier alpha value is -3.61. The lowest BCUT2D eigenvalue weighted by Crippen LogP contribution is -2.24. The molecule has 3 rings (SSSR count). The number of halogens is 8. The van der Waals surface area contributed by atoms with Crippen LogP contribution in [0.1, 0.15) is 37.7 Å². The van der Waals surface area contributed by atoms with Gasteiger partial charge in [-0.05, 0) is 42.8 Å². The van der Waals surface area contributed by atoms with E-state index in [0.717, 1.165) is 0 Å². The summed E-state index contributed by atoms with van der Waals surface area (Å²) >= 11 is 5.94. The van der Waals surface area contributed by atoms with Gasteiger partial charge in [-0.2, -0.15) is 31.4 Å². The van der Waals surface area contributed by atoms with Gasteiger partial charge in [-0.3, -0.25) is 9.59 Å². The van der Waals surface area contributed by atoms with Crippen molar-refractivity contribution >= 4 is 29.1 Å². The molecule has 3 aromatic rings. The van der Waals surface area contributed by atoms with Gasteiger partial charge in [-0.1, -0.05) is 11.6 Å². The van der Waals surface area contributed by atoms with Crippen LogP contribution in [0.15, 0.2) is 36.4 Å². The summed E-state index contributed by atoms with van der Waals surface area (Å²) in [4.78, 5) is 25.2. The molecule has 0 radical (unpaired) electrons. The highest BCUT2D eigenvalue weighted by Crippen LogP contribution is 2.36. The minimum absolute atomic E-state index is 0.0684. The molecule has 0 atom stereocenters. The normalized spacial score (nSPS) is 11.9. The van der Waals surface area contributed by atoms with Crippen molar-refractivity contribution in [1.29, 1.82) is 0 Å². The Kier molecular flexibility index (Phi) is 6.84. The average Bonchev–Trinajstić information content (AvgIpc) is 3.20. The third-order valence-electron chi connectivity index (χ3n) is 4.74. The standard InChI is InChI=1S/C21H14ClF7N4O2/c1-9-5-10(22)6-12(18(34)30-2)17(9)31-19(35)15-8-16(21(27,28)29)32-33(15)14-4-3-11(23)7-13(14)20(24,25)26/h3-8H,1-2H3,(H,30,34)(H,31,35). The molecule has 1 heterocycles. The number of carbonyl (C=O) groups excluding carboxylic acids is 2. The second-order valence-corrected chi connectivity index (χ2v) is 7.60. The first-order valence-electron chi connectivity index (χ1n) is 9.51. The Bertz CT molecular complexity index is 1320. The van der Waals surface area contributed by atoms with Crippen molar-refractivity contribution in [3.05, 3.63) is 75.3 Å². The van der Waals surface area contributed by atoms with Crippen LogP contribution in [0.4, 0.5) is 36.4 Å². The number of amides is 2. The van der Waals surface area contributed by atoms with Crippen molar-refractivity contribution in [3.8, 4) is 5.69 Å². The van der Waals surface area contributed by atoms with E-state index in [0.29, 0.717) is 12.1 Å². The number of hydrogen-bond donors (Lipinski definition) is 2. The fourth-order valence-electron chi connectivity index (χ4n) is 3.19. The van der Waals surface area contributed by atoms with Crippen molar-refractivity contribution in [2.75, 3.05) is 12.4 Å². The molecule has 0 spiro atoms. The average molecular weight is 523 g/mol. The molecule has 0 saturated heterocycles. The summed E-state index contributed by atoms with van der Waals surface area (Å²) in [6.07, 6.45) is -10.3. The number of carbonyl (C=O) groups is 2. The third kappa shape index (κ3) is 5.39. The van der Waals surface area contributed by atoms with Crippen LogP contribution < -0.4 is 10.6 Å². The number of anilines is 1. The van der Waals surface area contributed by atoms with Gasteiger partial charge in [0.05, 0.1) is 22.5 Å². The van der Waals surface area contributed by atoms with Crippen LogP contribution >= 0.6 is 11.6 Å². The van der Waals surface area contributed by atoms with Crippen molar-refractivity contribution in [1.82, 2.24) is 15.1 Å². The molecule has 0 fully saturated rings.